The summed E-state index contributed by atoms with van der Waals surface area (Å²) in [6.07, 6.45) is 5.23. The van der Waals surface area contributed by atoms with Gasteiger partial charge in [-0.1, -0.05) is 0 Å². The van der Waals surface area contributed by atoms with Crippen LogP contribution in [0.2, 0.25) is 0 Å². The van der Waals surface area contributed by atoms with E-state index in [4.69, 9.17) is 5.26 Å². The van der Waals surface area contributed by atoms with Crippen molar-refractivity contribution >= 4 is 11.4 Å². The number of aromatic hydroxyl groups is 1. The van der Waals surface area contributed by atoms with Gasteiger partial charge in [0.25, 0.3) is 0 Å². The molecular weight excluding hydrogens is 276 g/mol. The monoisotopic (exact) mass is 290 g/mol. The third-order valence-corrected chi connectivity index (χ3v) is 3.39. The van der Waals surface area contributed by atoms with E-state index in [9.17, 15) is 5.11 Å². The molecule has 0 aliphatic carbocycles. The predicted octanol–water partition coefficient (Wildman–Crippen LogP) is 3.37. The normalized spacial score (nSPS) is 10.2. The lowest BCUT2D eigenvalue weighted by molar-refractivity contribution is 0.475. The number of phenolic OH excluding ortho intramolecular Hbond substituents is 1. The largest absolute Gasteiger partial charge is 0.508 e. The number of hydrogen-bond acceptors (Lipinski definition) is 4. The summed E-state index contributed by atoms with van der Waals surface area (Å²) in [7, 11) is 0. The van der Waals surface area contributed by atoms with E-state index in [1.54, 1.807) is 30.7 Å². The van der Waals surface area contributed by atoms with Crippen molar-refractivity contribution in [1.82, 2.24) is 9.66 Å². The van der Waals surface area contributed by atoms with E-state index in [0.29, 0.717) is 5.56 Å². The second-order valence-corrected chi connectivity index (χ2v) is 4.88. The van der Waals surface area contributed by atoms with Crippen molar-refractivity contribution in [2.24, 2.45) is 0 Å². The molecule has 5 nitrogen and oxygen atoms in total. The van der Waals surface area contributed by atoms with Gasteiger partial charge in [-0.05, 0) is 55.0 Å². The second-order valence-electron chi connectivity index (χ2n) is 4.88. The van der Waals surface area contributed by atoms with Gasteiger partial charge in [0.05, 0.1) is 23.0 Å². The molecule has 0 atom stereocenters. The van der Waals surface area contributed by atoms with Crippen LogP contribution < -0.4 is 5.01 Å². The molecule has 1 heterocycles. The van der Waals surface area contributed by atoms with Gasteiger partial charge >= 0.3 is 0 Å². The number of aromatic nitrogens is 2. The van der Waals surface area contributed by atoms with Gasteiger partial charge in [-0.15, -0.1) is 0 Å². The van der Waals surface area contributed by atoms with E-state index in [1.165, 1.54) is 0 Å². The average molecular weight is 290 g/mol. The highest BCUT2D eigenvalue weighted by Gasteiger charge is 2.12. The Hall–Kier alpha value is -3.26. The predicted molar refractivity (Wildman–Crippen MR) is 83.8 cm³/mol. The van der Waals surface area contributed by atoms with Gasteiger partial charge in [-0.3, -0.25) is 0 Å². The smallest absolute Gasteiger partial charge is 0.115 e. The summed E-state index contributed by atoms with van der Waals surface area (Å²) in [5.41, 5.74) is 3.34. The Morgan fingerprint density at radius 2 is 1.86 bits per heavy atom. The van der Waals surface area contributed by atoms with E-state index in [1.807, 2.05) is 47.1 Å². The molecule has 2 aromatic carbocycles. The van der Waals surface area contributed by atoms with Crippen molar-refractivity contribution < 1.29 is 5.11 Å². The molecule has 0 saturated heterocycles. The first-order chi connectivity index (χ1) is 10.7. The van der Waals surface area contributed by atoms with Crippen LogP contribution in [0.15, 0.2) is 61.2 Å². The molecule has 0 unspecified atom stereocenters. The lowest BCUT2D eigenvalue weighted by Gasteiger charge is -2.26. The fourth-order valence-corrected chi connectivity index (χ4v) is 2.28. The fraction of sp³-hybridized carbons (Fsp3) is 0.0588. The average Bonchev–Trinajstić information content (AvgIpc) is 3.04. The van der Waals surface area contributed by atoms with Gasteiger partial charge in [0.1, 0.15) is 12.1 Å². The zero-order valence-corrected chi connectivity index (χ0v) is 12.0. The molecule has 1 N–H and O–H groups in total. The van der Waals surface area contributed by atoms with E-state index >= 15 is 0 Å². The maximum atomic E-state index is 9.48. The first-order valence-electron chi connectivity index (χ1n) is 6.77. The quantitative estimate of drug-likeness (QED) is 0.803. The minimum atomic E-state index is 0.213. The van der Waals surface area contributed by atoms with E-state index < -0.39 is 0 Å². The molecule has 3 aromatic rings. The second kappa shape index (κ2) is 5.62. The standard InChI is InChI=1S/C17H14N4O/c1-13-10-16(3-2-14(13)11-18)21(20-9-8-19-12-20)15-4-6-17(22)7-5-15/h2-10,12,22H,1H3. The zero-order chi connectivity index (χ0) is 15.5. The van der Waals surface area contributed by atoms with Gasteiger partial charge in [0, 0.05) is 12.4 Å². The minimum absolute atomic E-state index is 0.213. The van der Waals surface area contributed by atoms with Crippen LogP contribution in [-0.2, 0) is 0 Å². The zero-order valence-electron chi connectivity index (χ0n) is 12.0. The molecule has 0 radical (unpaired) electrons. The summed E-state index contributed by atoms with van der Waals surface area (Å²) in [5, 5.41) is 20.5. The summed E-state index contributed by atoms with van der Waals surface area (Å²) < 4.78 is 1.84. The highest BCUT2D eigenvalue weighted by atomic mass is 16.3. The van der Waals surface area contributed by atoms with Crippen LogP contribution in [0.25, 0.3) is 0 Å². The summed E-state index contributed by atoms with van der Waals surface area (Å²) in [6.45, 7) is 1.91. The molecule has 1 aromatic heterocycles. The van der Waals surface area contributed by atoms with Crippen molar-refractivity contribution in [2.45, 2.75) is 6.92 Å². The topological polar surface area (TPSA) is 65.1 Å². The molecule has 22 heavy (non-hydrogen) atoms. The van der Waals surface area contributed by atoms with Crippen molar-refractivity contribution in [3.05, 3.63) is 72.3 Å². The Balaban J connectivity index is 2.12. The van der Waals surface area contributed by atoms with Crippen LogP contribution in [0.1, 0.15) is 11.1 Å². The Labute approximate surface area is 128 Å². The molecule has 5 heteroatoms. The molecule has 0 aliphatic rings. The number of anilines is 2. The molecule has 0 aliphatic heterocycles. The number of rotatable bonds is 3. The molecule has 0 bridgehead atoms. The van der Waals surface area contributed by atoms with Gasteiger partial charge in [0.2, 0.25) is 0 Å². The highest BCUT2D eigenvalue weighted by molar-refractivity contribution is 5.65. The van der Waals surface area contributed by atoms with Gasteiger partial charge in [-0.2, -0.15) is 5.26 Å². The van der Waals surface area contributed by atoms with E-state index in [-0.39, 0.29) is 5.75 Å². The van der Waals surface area contributed by atoms with Crippen LogP contribution in [0.5, 0.6) is 5.75 Å². The van der Waals surface area contributed by atoms with Gasteiger partial charge in [-0.25, -0.2) is 14.7 Å². The Morgan fingerprint density at radius 1 is 1.14 bits per heavy atom. The number of imidazole rings is 1. The molecule has 3 rings (SSSR count). The Morgan fingerprint density at radius 3 is 2.45 bits per heavy atom. The molecule has 0 fully saturated rings. The molecular formula is C17H14N4O. The summed E-state index contributed by atoms with van der Waals surface area (Å²) in [4.78, 5) is 4.09. The molecule has 0 saturated carbocycles. The van der Waals surface area contributed by atoms with Crippen LogP contribution in [0.4, 0.5) is 11.4 Å². The van der Waals surface area contributed by atoms with Crippen molar-refractivity contribution in [3.8, 4) is 11.8 Å². The summed E-state index contributed by atoms with van der Waals surface area (Å²) >= 11 is 0. The number of hydrogen-bond donors (Lipinski definition) is 1. The minimum Gasteiger partial charge on any atom is -0.508 e. The summed E-state index contributed by atoms with van der Waals surface area (Å²) in [6, 6.07) is 14.7. The first kappa shape index (κ1) is 13.7. The number of benzene rings is 2. The van der Waals surface area contributed by atoms with Crippen molar-refractivity contribution in [2.75, 3.05) is 5.01 Å². The molecule has 0 spiro atoms. The third-order valence-electron chi connectivity index (χ3n) is 3.39. The first-order valence-corrected chi connectivity index (χ1v) is 6.77. The van der Waals surface area contributed by atoms with Crippen LogP contribution >= 0.6 is 0 Å². The maximum absolute atomic E-state index is 9.48. The SMILES string of the molecule is Cc1cc(N(c2ccc(O)cc2)n2ccnc2)ccc1C#N. The van der Waals surface area contributed by atoms with Crippen LogP contribution in [0, 0.1) is 18.3 Å². The van der Waals surface area contributed by atoms with E-state index in [2.05, 4.69) is 11.1 Å². The number of aryl methyl sites for hydroxylation is 1. The summed E-state index contributed by atoms with van der Waals surface area (Å²) in [5.74, 6) is 0.213. The highest BCUT2D eigenvalue weighted by Crippen LogP contribution is 2.29. The van der Waals surface area contributed by atoms with Crippen LogP contribution in [-0.4, -0.2) is 14.8 Å². The fourth-order valence-electron chi connectivity index (χ4n) is 2.28. The van der Waals surface area contributed by atoms with Crippen molar-refractivity contribution in [3.63, 3.8) is 0 Å². The maximum Gasteiger partial charge on any atom is 0.115 e. The van der Waals surface area contributed by atoms with Gasteiger partial charge in [0.15, 0.2) is 0 Å². The van der Waals surface area contributed by atoms with E-state index in [0.717, 1.165) is 16.9 Å². The van der Waals surface area contributed by atoms with Crippen LogP contribution in [0.3, 0.4) is 0 Å². The lowest BCUT2D eigenvalue weighted by Crippen LogP contribution is -2.22. The number of nitrogens with zero attached hydrogens (tertiary/aromatic N) is 4. The molecule has 108 valence electrons. The molecule has 0 amide bonds. The Bertz CT molecular complexity index is 817. The number of phenols is 1. The van der Waals surface area contributed by atoms with Gasteiger partial charge < -0.3 is 5.11 Å². The lowest BCUT2D eigenvalue weighted by atomic mass is 10.1. The Kier molecular flexibility index (Phi) is 3.50. The van der Waals surface area contributed by atoms with Crippen molar-refractivity contribution in [1.29, 1.82) is 5.26 Å². The third kappa shape index (κ3) is 2.50. The number of nitriles is 1.